The molecule has 0 nitrogen and oxygen atoms in total. The average Bonchev–Trinajstić information content (AvgIpc) is 2.37. The molecule has 0 radical (unpaired) electrons. The fraction of sp³-hybridized carbons (Fsp3) is 0.800. The van der Waals surface area contributed by atoms with Crippen LogP contribution < -0.4 is 0 Å². The maximum atomic E-state index is 4.07. The summed E-state index contributed by atoms with van der Waals surface area (Å²) in [6.45, 7) is 14.1. The van der Waals surface area contributed by atoms with Gasteiger partial charge in [-0.15, -0.1) is 6.58 Å². The second-order valence-electron chi connectivity index (χ2n) is 8.96. The minimum atomic E-state index is 0.263. The van der Waals surface area contributed by atoms with E-state index in [0.29, 0.717) is 10.8 Å². The van der Waals surface area contributed by atoms with Crippen molar-refractivity contribution in [2.45, 2.75) is 72.6 Å². The quantitative estimate of drug-likeness (QED) is 0.503. The normalized spacial score (nSPS) is 46.9. The van der Waals surface area contributed by atoms with E-state index in [1.165, 1.54) is 44.9 Å². The van der Waals surface area contributed by atoms with E-state index < -0.39 is 0 Å². The lowest BCUT2D eigenvalue weighted by Crippen LogP contribution is -2.50. The molecule has 2 fully saturated rings. The fourth-order valence-corrected chi connectivity index (χ4v) is 6.01. The van der Waals surface area contributed by atoms with Crippen molar-refractivity contribution in [3.63, 3.8) is 0 Å². The summed E-state index contributed by atoms with van der Waals surface area (Å²) in [5.41, 5.74) is 3.15. The monoisotopic (exact) mass is 272 g/mol. The van der Waals surface area contributed by atoms with Crippen molar-refractivity contribution in [1.29, 1.82) is 0 Å². The summed E-state index contributed by atoms with van der Waals surface area (Å²) < 4.78 is 0. The summed E-state index contributed by atoms with van der Waals surface area (Å²) >= 11 is 0. The van der Waals surface area contributed by atoms with Crippen LogP contribution >= 0.6 is 0 Å². The molecule has 3 rings (SSSR count). The molecule has 0 aliphatic heterocycles. The van der Waals surface area contributed by atoms with Gasteiger partial charge >= 0.3 is 0 Å². The minimum absolute atomic E-state index is 0.263. The molecule has 0 heterocycles. The maximum Gasteiger partial charge on any atom is 0.00330 e. The molecule has 112 valence electrons. The third kappa shape index (κ3) is 2.02. The van der Waals surface area contributed by atoms with E-state index in [9.17, 15) is 0 Å². The summed E-state index contributed by atoms with van der Waals surface area (Å²) in [5, 5.41) is 0. The van der Waals surface area contributed by atoms with Crippen LogP contribution in [0.1, 0.15) is 72.6 Å². The summed E-state index contributed by atoms with van der Waals surface area (Å²) in [4.78, 5) is 0. The summed E-state index contributed by atoms with van der Waals surface area (Å²) in [7, 11) is 0. The van der Waals surface area contributed by atoms with E-state index in [4.69, 9.17) is 0 Å². The zero-order valence-electron chi connectivity index (χ0n) is 14.0. The van der Waals surface area contributed by atoms with Crippen LogP contribution in [0.25, 0.3) is 0 Å². The van der Waals surface area contributed by atoms with E-state index in [-0.39, 0.29) is 5.41 Å². The van der Waals surface area contributed by atoms with Crippen molar-refractivity contribution in [3.05, 3.63) is 24.3 Å². The predicted molar refractivity (Wildman–Crippen MR) is 87.6 cm³/mol. The average molecular weight is 272 g/mol. The van der Waals surface area contributed by atoms with Crippen molar-refractivity contribution < 1.29 is 0 Å². The lowest BCUT2D eigenvalue weighted by Gasteiger charge is -2.59. The second-order valence-corrected chi connectivity index (χ2v) is 8.96. The summed E-state index contributed by atoms with van der Waals surface area (Å²) in [6.07, 6.45) is 14.5. The highest BCUT2D eigenvalue weighted by atomic mass is 14.6. The molecule has 0 N–H and O–H groups in total. The van der Waals surface area contributed by atoms with Gasteiger partial charge in [0.05, 0.1) is 0 Å². The molecule has 0 heteroatoms. The molecule has 4 atom stereocenters. The van der Waals surface area contributed by atoms with Gasteiger partial charge in [-0.2, -0.15) is 0 Å². The molecule has 3 aliphatic rings. The van der Waals surface area contributed by atoms with Gasteiger partial charge < -0.3 is 0 Å². The Balaban J connectivity index is 1.97. The molecule has 0 amide bonds. The van der Waals surface area contributed by atoms with Crippen LogP contribution in [-0.4, -0.2) is 0 Å². The Kier molecular flexibility index (Phi) is 3.23. The first-order chi connectivity index (χ1) is 9.31. The number of hydrogen-bond donors (Lipinski definition) is 0. The molecule has 2 saturated carbocycles. The zero-order chi connectivity index (χ0) is 14.6. The van der Waals surface area contributed by atoms with Crippen LogP contribution in [-0.2, 0) is 0 Å². The standard InChI is InChI=1S/C20H32/c1-6-19(4)13-10-16-15(14-19)8-9-17-18(2,3)11-7-12-20(16,17)5/h6,14,16-17H,1,7-13H2,2-5H3/t16?,17?,19-,20+/m0/s1. The SMILES string of the molecule is C=C[C@]1(C)C=C2CCC3C(C)(C)CCC[C@]3(C)C2CC1. The summed E-state index contributed by atoms with van der Waals surface area (Å²) in [6, 6.07) is 0. The largest absolute Gasteiger partial charge is 0.102 e. The highest BCUT2D eigenvalue weighted by molar-refractivity contribution is 5.26. The Morgan fingerprint density at radius 1 is 1.10 bits per heavy atom. The Hall–Kier alpha value is -0.520. The first-order valence-corrected chi connectivity index (χ1v) is 8.66. The molecule has 0 saturated heterocycles. The molecule has 0 bridgehead atoms. The first kappa shape index (κ1) is 14.4. The predicted octanol–water partition coefficient (Wildman–Crippen LogP) is 6.14. The van der Waals surface area contributed by atoms with Crippen molar-refractivity contribution in [2.24, 2.45) is 28.1 Å². The minimum Gasteiger partial charge on any atom is -0.102 e. The molecule has 20 heavy (non-hydrogen) atoms. The molecule has 0 aromatic rings. The van der Waals surface area contributed by atoms with E-state index in [1.54, 1.807) is 5.57 Å². The number of allylic oxidation sites excluding steroid dienone is 3. The molecule has 0 spiro atoms. The van der Waals surface area contributed by atoms with Gasteiger partial charge in [-0.05, 0) is 61.2 Å². The van der Waals surface area contributed by atoms with Gasteiger partial charge in [0, 0.05) is 5.41 Å². The van der Waals surface area contributed by atoms with Crippen LogP contribution in [0, 0.1) is 28.1 Å². The van der Waals surface area contributed by atoms with Gasteiger partial charge in [0.25, 0.3) is 0 Å². The molecule has 0 aromatic carbocycles. The second kappa shape index (κ2) is 4.49. The van der Waals surface area contributed by atoms with E-state index in [0.717, 1.165) is 11.8 Å². The lowest BCUT2D eigenvalue weighted by molar-refractivity contribution is -0.0587. The maximum absolute atomic E-state index is 4.07. The van der Waals surface area contributed by atoms with E-state index >= 15 is 0 Å². The van der Waals surface area contributed by atoms with Gasteiger partial charge in [0.1, 0.15) is 0 Å². The van der Waals surface area contributed by atoms with E-state index in [1.807, 2.05) is 0 Å². The number of rotatable bonds is 1. The van der Waals surface area contributed by atoms with Crippen LogP contribution in [0.4, 0.5) is 0 Å². The molecular weight excluding hydrogens is 240 g/mol. The van der Waals surface area contributed by atoms with Crippen LogP contribution in [0.5, 0.6) is 0 Å². The third-order valence-electron chi connectivity index (χ3n) is 7.19. The highest BCUT2D eigenvalue weighted by Crippen LogP contribution is 2.63. The fourth-order valence-electron chi connectivity index (χ4n) is 6.01. The summed E-state index contributed by atoms with van der Waals surface area (Å²) in [5.74, 6) is 1.79. The van der Waals surface area contributed by atoms with Crippen LogP contribution in [0.3, 0.4) is 0 Å². The molecular formula is C20H32. The van der Waals surface area contributed by atoms with Crippen molar-refractivity contribution in [1.82, 2.24) is 0 Å². The number of hydrogen-bond acceptors (Lipinski definition) is 0. The smallest absolute Gasteiger partial charge is 0.00330 e. The van der Waals surface area contributed by atoms with Crippen molar-refractivity contribution in [2.75, 3.05) is 0 Å². The molecule has 3 aliphatic carbocycles. The number of fused-ring (bicyclic) bond motifs is 3. The molecule has 0 aromatic heterocycles. The van der Waals surface area contributed by atoms with Gasteiger partial charge in [-0.1, -0.05) is 51.8 Å². The molecule has 2 unspecified atom stereocenters. The Bertz CT molecular complexity index is 441. The van der Waals surface area contributed by atoms with Gasteiger partial charge in [-0.25, -0.2) is 0 Å². The first-order valence-electron chi connectivity index (χ1n) is 8.66. The van der Waals surface area contributed by atoms with E-state index in [2.05, 4.69) is 46.4 Å². The van der Waals surface area contributed by atoms with Gasteiger partial charge in [-0.3, -0.25) is 0 Å². The Morgan fingerprint density at radius 2 is 1.85 bits per heavy atom. The Labute approximate surface area is 125 Å². The van der Waals surface area contributed by atoms with Gasteiger partial charge in [0.2, 0.25) is 0 Å². The van der Waals surface area contributed by atoms with Crippen molar-refractivity contribution in [3.8, 4) is 0 Å². The zero-order valence-corrected chi connectivity index (χ0v) is 14.0. The Morgan fingerprint density at radius 3 is 2.55 bits per heavy atom. The van der Waals surface area contributed by atoms with Gasteiger partial charge in [0.15, 0.2) is 0 Å². The highest BCUT2D eigenvalue weighted by Gasteiger charge is 2.54. The topological polar surface area (TPSA) is 0 Å². The van der Waals surface area contributed by atoms with Crippen molar-refractivity contribution >= 4 is 0 Å². The van der Waals surface area contributed by atoms with Crippen LogP contribution in [0.15, 0.2) is 24.3 Å². The lowest BCUT2D eigenvalue weighted by atomic mass is 9.45. The third-order valence-corrected chi connectivity index (χ3v) is 7.19. The van der Waals surface area contributed by atoms with Crippen LogP contribution in [0.2, 0.25) is 0 Å².